The van der Waals surface area contributed by atoms with Crippen molar-refractivity contribution in [3.8, 4) is 11.5 Å². The number of nitrogens with two attached hydrogens (primary N) is 1. The van der Waals surface area contributed by atoms with Gasteiger partial charge in [-0.2, -0.15) is 0 Å². The van der Waals surface area contributed by atoms with Crippen molar-refractivity contribution in [1.82, 2.24) is 0 Å². The molecule has 0 aromatic heterocycles. The summed E-state index contributed by atoms with van der Waals surface area (Å²) in [5.41, 5.74) is 6.15. The number of benzene rings is 1. The fraction of sp³-hybridized carbons (Fsp3) is 0.533. The molecule has 0 radical (unpaired) electrons. The molecule has 1 aliphatic carbocycles. The Kier molecular flexibility index (Phi) is 4.66. The van der Waals surface area contributed by atoms with Crippen LogP contribution in [0.4, 0.5) is 0 Å². The van der Waals surface area contributed by atoms with E-state index < -0.39 is 0 Å². The molecular formula is C15H22N2O2. The van der Waals surface area contributed by atoms with Crippen LogP contribution in [-0.4, -0.2) is 19.0 Å². The maximum absolute atomic E-state index is 7.45. The molecule has 0 amide bonds. The second kappa shape index (κ2) is 6.45. The molecule has 19 heavy (non-hydrogen) atoms. The fourth-order valence-electron chi connectivity index (χ4n) is 2.45. The Morgan fingerprint density at radius 2 is 2.00 bits per heavy atom. The van der Waals surface area contributed by atoms with Crippen molar-refractivity contribution in [3.05, 3.63) is 23.8 Å². The average Bonchev–Trinajstić information content (AvgIpc) is 2.90. The highest BCUT2D eigenvalue weighted by molar-refractivity contribution is 5.95. The molecule has 4 nitrogen and oxygen atoms in total. The molecule has 104 valence electrons. The third-order valence-electron chi connectivity index (χ3n) is 3.50. The average molecular weight is 262 g/mol. The summed E-state index contributed by atoms with van der Waals surface area (Å²) in [6.07, 6.45) is 5.15. The van der Waals surface area contributed by atoms with Gasteiger partial charge in [-0.25, -0.2) is 0 Å². The van der Waals surface area contributed by atoms with Crippen molar-refractivity contribution in [2.45, 2.75) is 32.6 Å². The summed E-state index contributed by atoms with van der Waals surface area (Å²) in [6, 6.07) is 5.42. The minimum Gasteiger partial charge on any atom is -0.490 e. The number of hydrogen-bond donors (Lipinski definition) is 2. The third-order valence-corrected chi connectivity index (χ3v) is 3.50. The van der Waals surface area contributed by atoms with Crippen molar-refractivity contribution < 1.29 is 9.47 Å². The van der Waals surface area contributed by atoms with Crippen molar-refractivity contribution in [2.24, 2.45) is 11.7 Å². The quantitative estimate of drug-likeness (QED) is 0.611. The first-order valence-electron chi connectivity index (χ1n) is 6.94. The number of rotatable bonds is 6. The van der Waals surface area contributed by atoms with Gasteiger partial charge in [-0.3, -0.25) is 5.41 Å². The van der Waals surface area contributed by atoms with E-state index in [1.54, 1.807) is 12.1 Å². The Morgan fingerprint density at radius 1 is 1.26 bits per heavy atom. The number of nitrogen functional groups attached to an aromatic ring is 1. The Morgan fingerprint density at radius 3 is 2.63 bits per heavy atom. The summed E-state index contributed by atoms with van der Waals surface area (Å²) in [7, 11) is 0. The molecule has 0 saturated heterocycles. The van der Waals surface area contributed by atoms with Crippen molar-refractivity contribution >= 4 is 5.84 Å². The molecule has 1 aliphatic rings. The minimum absolute atomic E-state index is 0.0447. The molecule has 0 heterocycles. The molecule has 0 aliphatic heterocycles. The van der Waals surface area contributed by atoms with Gasteiger partial charge in [0.1, 0.15) is 5.84 Å². The van der Waals surface area contributed by atoms with Gasteiger partial charge in [-0.1, -0.05) is 12.8 Å². The van der Waals surface area contributed by atoms with Crippen LogP contribution in [0.15, 0.2) is 18.2 Å². The van der Waals surface area contributed by atoms with Crippen LogP contribution in [0, 0.1) is 11.3 Å². The molecule has 1 fully saturated rings. The van der Waals surface area contributed by atoms with E-state index in [0.29, 0.717) is 23.8 Å². The Bertz CT molecular complexity index is 440. The molecule has 2 rings (SSSR count). The first-order chi connectivity index (χ1) is 9.20. The zero-order valence-corrected chi connectivity index (χ0v) is 11.4. The number of ether oxygens (including phenoxy) is 2. The van der Waals surface area contributed by atoms with E-state index in [-0.39, 0.29) is 5.84 Å². The molecule has 1 saturated carbocycles. The van der Waals surface area contributed by atoms with Crippen molar-refractivity contribution in [3.63, 3.8) is 0 Å². The van der Waals surface area contributed by atoms with Gasteiger partial charge in [-0.05, 0) is 43.9 Å². The molecule has 0 bridgehead atoms. The van der Waals surface area contributed by atoms with Crippen LogP contribution in [0.3, 0.4) is 0 Å². The van der Waals surface area contributed by atoms with Crippen LogP contribution in [0.25, 0.3) is 0 Å². The lowest BCUT2D eigenvalue weighted by atomic mass is 10.1. The number of amidine groups is 1. The summed E-state index contributed by atoms with van der Waals surface area (Å²) in [5, 5.41) is 7.45. The topological polar surface area (TPSA) is 68.3 Å². The van der Waals surface area contributed by atoms with Gasteiger partial charge < -0.3 is 15.2 Å². The Labute approximate surface area is 114 Å². The summed E-state index contributed by atoms with van der Waals surface area (Å²) in [4.78, 5) is 0. The zero-order chi connectivity index (χ0) is 13.7. The second-order valence-electron chi connectivity index (χ2n) is 4.97. The summed E-state index contributed by atoms with van der Waals surface area (Å²) < 4.78 is 11.4. The van der Waals surface area contributed by atoms with Gasteiger partial charge in [-0.15, -0.1) is 0 Å². The third kappa shape index (κ3) is 3.63. The van der Waals surface area contributed by atoms with Crippen LogP contribution in [0.2, 0.25) is 0 Å². The van der Waals surface area contributed by atoms with Gasteiger partial charge in [0, 0.05) is 5.56 Å². The van der Waals surface area contributed by atoms with Gasteiger partial charge in [0.15, 0.2) is 11.5 Å². The number of nitrogens with one attached hydrogen (secondary N) is 1. The monoisotopic (exact) mass is 262 g/mol. The van der Waals surface area contributed by atoms with Crippen LogP contribution in [0.1, 0.15) is 38.2 Å². The predicted octanol–water partition coefficient (Wildman–Crippen LogP) is 2.94. The lowest BCUT2D eigenvalue weighted by Gasteiger charge is -2.15. The fourth-order valence-corrected chi connectivity index (χ4v) is 2.45. The van der Waals surface area contributed by atoms with Crippen molar-refractivity contribution in [2.75, 3.05) is 13.2 Å². The maximum atomic E-state index is 7.45. The standard InChI is InChI=1S/C15H22N2O2/c1-2-18-14-9-12(15(16)17)7-8-13(14)19-10-11-5-3-4-6-11/h7-9,11H,2-6,10H2,1H3,(H3,16,17). The summed E-state index contributed by atoms with van der Waals surface area (Å²) in [5.74, 6) is 2.14. The zero-order valence-electron chi connectivity index (χ0n) is 11.4. The molecule has 0 unspecified atom stereocenters. The van der Waals surface area contributed by atoms with Crippen LogP contribution >= 0.6 is 0 Å². The largest absolute Gasteiger partial charge is 0.490 e. The smallest absolute Gasteiger partial charge is 0.161 e. The Balaban J connectivity index is 2.06. The van der Waals surface area contributed by atoms with Crippen LogP contribution < -0.4 is 15.2 Å². The van der Waals surface area contributed by atoms with E-state index in [4.69, 9.17) is 20.6 Å². The highest BCUT2D eigenvalue weighted by atomic mass is 16.5. The predicted molar refractivity (Wildman–Crippen MR) is 76.1 cm³/mol. The van der Waals surface area contributed by atoms with E-state index in [2.05, 4.69) is 0 Å². The van der Waals surface area contributed by atoms with E-state index in [1.807, 2.05) is 13.0 Å². The number of hydrogen-bond acceptors (Lipinski definition) is 3. The molecule has 3 N–H and O–H groups in total. The maximum Gasteiger partial charge on any atom is 0.161 e. The lowest BCUT2D eigenvalue weighted by molar-refractivity contribution is 0.234. The summed E-state index contributed by atoms with van der Waals surface area (Å²) >= 11 is 0. The van der Waals surface area contributed by atoms with Gasteiger partial charge >= 0.3 is 0 Å². The van der Waals surface area contributed by atoms with E-state index in [1.165, 1.54) is 25.7 Å². The highest BCUT2D eigenvalue weighted by Crippen LogP contribution is 2.31. The van der Waals surface area contributed by atoms with E-state index in [9.17, 15) is 0 Å². The molecule has 0 spiro atoms. The van der Waals surface area contributed by atoms with E-state index in [0.717, 1.165) is 12.4 Å². The Hall–Kier alpha value is -1.71. The highest BCUT2D eigenvalue weighted by Gasteiger charge is 2.16. The van der Waals surface area contributed by atoms with Gasteiger partial charge in [0.2, 0.25) is 0 Å². The first kappa shape index (κ1) is 13.7. The minimum atomic E-state index is 0.0447. The summed E-state index contributed by atoms with van der Waals surface area (Å²) in [6.45, 7) is 3.25. The van der Waals surface area contributed by atoms with Gasteiger partial charge in [0.05, 0.1) is 13.2 Å². The van der Waals surface area contributed by atoms with E-state index >= 15 is 0 Å². The van der Waals surface area contributed by atoms with Gasteiger partial charge in [0.25, 0.3) is 0 Å². The first-order valence-corrected chi connectivity index (χ1v) is 6.94. The molecule has 0 atom stereocenters. The van der Waals surface area contributed by atoms with Crippen molar-refractivity contribution in [1.29, 1.82) is 5.41 Å². The molecular weight excluding hydrogens is 240 g/mol. The lowest BCUT2D eigenvalue weighted by Crippen LogP contribution is -2.12. The normalized spacial score (nSPS) is 15.4. The van der Waals surface area contributed by atoms with Crippen LogP contribution in [-0.2, 0) is 0 Å². The van der Waals surface area contributed by atoms with Crippen LogP contribution in [0.5, 0.6) is 11.5 Å². The second-order valence-corrected chi connectivity index (χ2v) is 4.97. The molecule has 1 aromatic rings. The molecule has 4 heteroatoms. The SMILES string of the molecule is CCOc1cc(C(=N)N)ccc1OCC1CCCC1. The molecule has 1 aromatic carbocycles.